The smallest absolute Gasteiger partial charge is 0.269 e. The lowest BCUT2D eigenvalue weighted by molar-refractivity contribution is 0.522. The van der Waals surface area contributed by atoms with Gasteiger partial charge in [-0.3, -0.25) is 4.72 Å². The maximum atomic E-state index is 13.6. The summed E-state index contributed by atoms with van der Waals surface area (Å²) in [5.74, 6) is -2.54. The largest absolute Gasteiger partial charge is 0.399 e. The Bertz CT molecular complexity index is 722. The summed E-state index contributed by atoms with van der Waals surface area (Å²) in [7, 11) is -4.43. The molecule has 0 fully saturated rings. The molecule has 0 saturated heterocycles. The fourth-order valence-corrected chi connectivity index (χ4v) is 3.47. The lowest BCUT2D eigenvalue weighted by atomic mass is 10.3. The third kappa shape index (κ3) is 2.85. The summed E-state index contributed by atoms with van der Waals surface area (Å²) in [4.78, 5) is -1.10. The Morgan fingerprint density at radius 2 is 1.90 bits per heavy atom. The molecule has 2 aromatic rings. The molecule has 0 aliphatic heterocycles. The molecule has 0 amide bonds. The van der Waals surface area contributed by atoms with Crippen LogP contribution in [0.15, 0.2) is 17.0 Å². The Morgan fingerprint density at radius 3 is 2.40 bits per heavy atom. The van der Waals surface area contributed by atoms with E-state index in [0.717, 1.165) is 23.5 Å². The van der Waals surface area contributed by atoms with E-state index in [1.54, 1.807) is 0 Å². The van der Waals surface area contributed by atoms with Gasteiger partial charge >= 0.3 is 0 Å². The van der Waals surface area contributed by atoms with Crippen LogP contribution in [-0.2, 0) is 16.4 Å². The number of rotatable bonds is 4. The quantitative estimate of drug-likeness (QED) is 0.837. The summed E-state index contributed by atoms with van der Waals surface area (Å²) in [6.45, 7) is 1.82. The Kier molecular flexibility index (Phi) is 3.86. The van der Waals surface area contributed by atoms with E-state index in [1.807, 2.05) is 11.6 Å². The minimum atomic E-state index is -4.43. The summed E-state index contributed by atoms with van der Waals surface area (Å²) in [5.41, 5.74) is 5.02. The number of hydrogen-bond donors (Lipinski definition) is 2. The van der Waals surface area contributed by atoms with E-state index in [1.165, 1.54) is 0 Å². The molecule has 0 aliphatic carbocycles. The van der Waals surface area contributed by atoms with Crippen LogP contribution >= 0.6 is 11.3 Å². The van der Waals surface area contributed by atoms with Gasteiger partial charge in [0.1, 0.15) is 16.6 Å². The van der Waals surface area contributed by atoms with Crippen LogP contribution in [-0.4, -0.2) is 18.6 Å². The maximum absolute atomic E-state index is 13.6. The molecule has 0 saturated carbocycles. The fourth-order valence-electron chi connectivity index (χ4n) is 1.44. The van der Waals surface area contributed by atoms with E-state index < -0.39 is 26.6 Å². The molecule has 20 heavy (non-hydrogen) atoms. The first-order valence-corrected chi connectivity index (χ1v) is 7.73. The highest BCUT2D eigenvalue weighted by atomic mass is 32.2. The van der Waals surface area contributed by atoms with E-state index >= 15 is 0 Å². The van der Waals surface area contributed by atoms with Crippen molar-refractivity contribution in [2.75, 3.05) is 10.5 Å². The molecule has 0 aliphatic rings. The molecule has 1 aromatic carbocycles. The SMILES string of the molecule is CCc1nnc(NS(=O)(=O)c2c(F)cc(N)cc2F)s1. The second-order valence-electron chi connectivity index (χ2n) is 3.77. The molecule has 0 atom stereocenters. The average Bonchev–Trinajstić information content (AvgIpc) is 2.73. The van der Waals surface area contributed by atoms with Crippen molar-refractivity contribution in [3.05, 3.63) is 28.8 Å². The fraction of sp³-hybridized carbons (Fsp3) is 0.200. The van der Waals surface area contributed by atoms with Crippen LogP contribution in [0.4, 0.5) is 19.6 Å². The number of aromatic nitrogens is 2. The molecule has 3 N–H and O–H groups in total. The van der Waals surface area contributed by atoms with Gasteiger partial charge in [-0.1, -0.05) is 18.3 Å². The van der Waals surface area contributed by atoms with Crippen molar-refractivity contribution in [1.29, 1.82) is 0 Å². The molecule has 2 rings (SSSR count). The minimum Gasteiger partial charge on any atom is -0.399 e. The number of benzene rings is 1. The molecule has 0 bridgehead atoms. The summed E-state index contributed by atoms with van der Waals surface area (Å²) in [5, 5.41) is 7.83. The molecule has 0 spiro atoms. The predicted octanol–water partition coefficient (Wildman–Crippen LogP) is 1.76. The summed E-state index contributed by atoms with van der Waals surface area (Å²) in [6, 6.07) is 1.46. The van der Waals surface area contributed by atoms with Crippen LogP contribution in [0.3, 0.4) is 0 Å². The number of anilines is 2. The van der Waals surface area contributed by atoms with Gasteiger partial charge in [0, 0.05) is 5.69 Å². The zero-order valence-corrected chi connectivity index (χ0v) is 11.9. The number of nitrogens with two attached hydrogens (primary N) is 1. The summed E-state index contributed by atoms with van der Waals surface area (Å²) >= 11 is 0.987. The van der Waals surface area contributed by atoms with E-state index in [2.05, 4.69) is 10.2 Å². The first-order chi connectivity index (χ1) is 9.33. The van der Waals surface area contributed by atoms with E-state index in [4.69, 9.17) is 5.73 Å². The van der Waals surface area contributed by atoms with Crippen molar-refractivity contribution in [2.45, 2.75) is 18.2 Å². The molecule has 108 valence electrons. The standard InChI is InChI=1S/C10H10F2N4O2S2/c1-2-8-14-15-10(19-8)16-20(17,18)9-6(11)3-5(13)4-7(9)12/h3-4H,2,13H2,1H3,(H,15,16). The Balaban J connectivity index is 2.40. The van der Waals surface area contributed by atoms with Crippen molar-refractivity contribution in [3.63, 3.8) is 0 Å². The number of halogens is 2. The summed E-state index contributed by atoms with van der Waals surface area (Å²) < 4.78 is 53.1. The van der Waals surface area contributed by atoms with Crippen LogP contribution < -0.4 is 10.5 Å². The van der Waals surface area contributed by atoms with Crippen LogP contribution in [0, 0.1) is 11.6 Å². The molecule has 10 heteroatoms. The number of nitrogen functional groups attached to an aromatic ring is 1. The molecule has 1 aromatic heterocycles. The van der Waals surface area contributed by atoms with Crippen molar-refractivity contribution in [3.8, 4) is 0 Å². The van der Waals surface area contributed by atoms with Crippen LogP contribution in [0.5, 0.6) is 0 Å². The van der Waals surface area contributed by atoms with Gasteiger partial charge < -0.3 is 5.73 Å². The molecule has 6 nitrogen and oxygen atoms in total. The maximum Gasteiger partial charge on any atom is 0.269 e. The van der Waals surface area contributed by atoms with Crippen LogP contribution in [0.1, 0.15) is 11.9 Å². The highest BCUT2D eigenvalue weighted by molar-refractivity contribution is 7.93. The molecular formula is C10H10F2N4O2S2. The average molecular weight is 320 g/mol. The first-order valence-electron chi connectivity index (χ1n) is 5.43. The lowest BCUT2D eigenvalue weighted by Crippen LogP contribution is -2.16. The van der Waals surface area contributed by atoms with Gasteiger partial charge in [-0.15, -0.1) is 10.2 Å². The van der Waals surface area contributed by atoms with Gasteiger partial charge in [-0.2, -0.15) is 0 Å². The van der Waals surface area contributed by atoms with Crippen molar-refractivity contribution in [1.82, 2.24) is 10.2 Å². The van der Waals surface area contributed by atoms with Gasteiger partial charge in [0.25, 0.3) is 10.0 Å². The van der Waals surface area contributed by atoms with Gasteiger partial charge in [-0.25, -0.2) is 17.2 Å². The van der Waals surface area contributed by atoms with Gasteiger partial charge in [0.2, 0.25) is 5.13 Å². The van der Waals surface area contributed by atoms with Crippen molar-refractivity contribution >= 4 is 32.2 Å². The zero-order chi connectivity index (χ0) is 14.9. The number of aryl methyl sites for hydroxylation is 1. The van der Waals surface area contributed by atoms with Gasteiger partial charge in [-0.05, 0) is 18.6 Å². The third-order valence-electron chi connectivity index (χ3n) is 2.28. The van der Waals surface area contributed by atoms with E-state index in [0.29, 0.717) is 11.4 Å². The van der Waals surface area contributed by atoms with Crippen molar-refractivity contribution in [2.24, 2.45) is 0 Å². The molecular weight excluding hydrogens is 310 g/mol. The Hall–Kier alpha value is -1.81. The predicted molar refractivity (Wildman–Crippen MR) is 70.9 cm³/mol. The van der Waals surface area contributed by atoms with Crippen molar-refractivity contribution < 1.29 is 17.2 Å². The number of hydrogen-bond acceptors (Lipinski definition) is 6. The van der Waals surface area contributed by atoms with Crippen LogP contribution in [0.2, 0.25) is 0 Å². The van der Waals surface area contributed by atoms with E-state index in [-0.39, 0.29) is 10.8 Å². The normalized spacial score (nSPS) is 11.6. The topological polar surface area (TPSA) is 98.0 Å². The first kappa shape index (κ1) is 14.6. The highest BCUT2D eigenvalue weighted by Gasteiger charge is 2.26. The Labute approximate surface area is 117 Å². The lowest BCUT2D eigenvalue weighted by Gasteiger charge is -2.07. The zero-order valence-electron chi connectivity index (χ0n) is 10.2. The monoisotopic (exact) mass is 320 g/mol. The van der Waals surface area contributed by atoms with Gasteiger partial charge in [0.15, 0.2) is 4.90 Å². The summed E-state index contributed by atoms with van der Waals surface area (Å²) in [6.07, 6.45) is 0.573. The second kappa shape index (κ2) is 5.29. The Morgan fingerprint density at radius 1 is 1.30 bits per heavy atom. The third-order valence-corrected chi connectivity index (χ3v) is 4.78. The number of sulfonamides is 1. The minimum absolute atomic E-state index is 0.0579. The molecule has 1 heterocycles. The van der Waals surface area contributed by atoms with Crippen LogP contribution in [0.25, 0.3) is 0 Å². The molecule has 0 radical (unpaired) electrons. The number of nitrogens with zero attached hydrogens (tertiary/aromatic N) is 2. The van der Waals surface area contributed by atoms with Gasteiger partial charge in [0.05, 0.1) is 0 Å². The molecule has 0 unspecified atom stereocenters. The highest BCUT2D eigenvalue weighted by Crippen LogP contribution is 2.25. The second-order valence-corrected chi connectivity index (χ2v) is 6.45. The van der Waals surface area contributed by atoms with E-state index in [9.17, 15) is 17.2 Å². The number of nitrogens with one attached hydrogen (secondary N) is 1.